The van der Waals surface area contributed by atoms with E-state index in [0.29, 0.717) is 35.2 Å². The SMILES string of the molecule is CC[Si](CC)(CC)O[C@H](C)[C@H]1C(=O)N2C(C(=O)OCc3ccc([N+](=O)[O-])cc3)=C(c3cc(Cn4cc[n+](C)c4)c4c(c3)-c3ccccc3C4=O)C[C@H]12. The van der Waals surface area contributed by atoms with E-state index in [4.69, 9.17) is 9.16 Å². The first-order valence-electron chi connectivity index (χ1n) is 18.0. The fourth-order valence-corrected chi connectivity index (χ4v) is 11.2. The Morgan fingerprint density at radius 2 is 1.71 bits per heavy atom. The summed E-state index contributed by atoms with van der Waals surface area (Å²) < 4.78 is 16.6. The van der Waals surface area contributed by atoms with Crippen LogP contribution in [0, 0.1) is 16.0 Å². The molecule has 12 heteroatoms. The number of β-lactam (4-membered cyclic amide) rings is 1. The first kappa shape index (κ1) is 35.2. The molecule has 4 aromatic rings. The number of nitro groups is 1. The molecule has 0 spiro atoms. The lowest BCUT2D eigenvalue weighted by atomic mass is 9.82. The van der Waals surface area contributed by atoms with Crippen LogP contribution in [0.15, 0.2) is 85.1 Å². The number of fused-ring (bicyclic) bond motifs is 4. The minimum absolute atomic E-state index is 0.0349. The van der Waals surface area contributed by atoms with Crippen molar-refractivity contribution in [3.05, 3.63) is 123 Å². The molecule has 0 N–H and O–H groups in total. The number of carbonyl (C=O) groups is 3. The predicted molar refractivity (Wildman–Crippen MR) is 196 cm³/mol. The number of non-ortho nitro benzene ring substituents is 1. The zero-order valence-corrected chi connectivity index (χ0v) is 31.1. The Morgan fingerprint density at radius 3 is 2.35 bits per heavy atom. The number of nitrogens with zero attached hydrogens (tertiary/aromatic N) is 4. The van der Waals surface area contributed by atoms with Gasteiger partial charge in [0, 0.05) is 28.8 Å². The Bertz CT molecular complexity index is 2130. The van der Waals surface area contributed by atoms with Crippen LogP contribution >= 0.6 is 0 Å². The van der Waals surface area contributed by atoms with Crippen molar-refractivity contribution >= 4 is 37.2 Å². The Labute approximate surface area is 303 Å². The molecule has 1 amide bonds. The summed E-state index contributed by atoms with van der Waals surface area (Å²) in [6, 6.07) is 20.0. The Kier molecular flexibility index (Phi) is 9.30. The number of carbonyl (C=O) groups excluding carboxylic acids is 3. The third-order valence-electron chi connectivity index (χ3n) is 11.2. The van der Waals surface area contributed by atoms with Crippen molar-refractivity contribution in [1.29, 1.82) is 0 Å². The number of nitro benzene ring substituents is 1. The summed E-state index contributed by atoms with van der Waals surface area (Å²) >= 11 is 0. The van der Waals surface area contributed by atoms with Gasteiger partial charge in [0.2, 0.25) is 12.2 Å². The number of hydrogen-bond donors (Lipinski definition) is 0. The Balaban J connectivity index is 1.30. The summed E-state index contributed by atoms with van der Waals surface area (Å²) in [5, 5.41) is 11.2. The van der Waals surface area contributed by atoms with Crippen LogP contribution in [0.2, 0.25) is 18.1 Å². The van der Waals surface area contributed by atoms with Crippen LogP contribution in [0.25, 0.3) is 16.7 Å². The zero-order chi connectivity index (χ0) is 36.9. The predicted octanol–water partition coefficient (Wildman–Crippen LogP) is 6.58. The zero-order valence-electron chi connectivity index (χ0n) is 30.1. The maximum absolute atomic E-state index is 14.2. The number of rotatable bonds is 13. The molecule has 0 bridgehead atoms. The van der Waals surface area contributed by atoms with Crippen molar-refractivity contribution in [1.82, 2.24) is 9.47 Å². The number of hydrogen-bond acceptors (Lipinski definition) is 7. The van der Waals surface area contributed by atoms with Gasteiger partial charge in [0.15, 0.2) is 14.1 Å². The Morgan fingerprint density at radius 1 is 1.02 bits per heavy atom. The summed E-state index contributed by atoms with van der Waals surface area (Å²) in [7, 11) is -0.0922. The minimum Gasteiger partial charge on any atom is -0.456 e. The van der Waals surface area contributed by atoms with Crippen LogP contribution in [-0.4, -0.2) is 52.5 Å². The lowest BCUT2D eigenvalue weighted by Crippen LogP contribution is -2.63. The average molecular weight is 720 g/mol. The van der Waals surface area contributed by atoms with E-state index in [2.05, 4.69) is 20.8 Å². The van der Waals surface area contributed by atoms with Crippen LogP contribution < -0.4 is 4.57 Å². The second-order valence-corrected chi connectivity index (χ2v) is 18.8. The summed E-state index contributed by atoms with van der Waals surface area (Å²) in [5.74, 6) is -1.26. The molecule has 0 saturated carbocycles. The van der Waals surface area contributed by atoms with Crippen LogP contribution in [0.3, 0.4) is 0 Å². The fourth-order valence-electron chi connectivity index (χ4n) is 8.23. The first-order valence-corrected chi connectivity index (χ1v) is 20.5. The van der Waals surface area contributed by atoms with Crippen molar-refractivity contribution in [2.75, 3.05) is 0 Å². The second-order valence-electron chi connectivity index (χ2n) is 14.1. The van der Waals surface area contributed by atoms with Crippen LogP contribution in [0.1, 0.15) is 66.7 Å². The molecule has 268 valence electrons. The number of imidazole rings is 1. The summed E-state index contributed by atoms with van der Waals surface area (Å²) in [6.45, 7) is 8.79. The topological polar surface area (TPSA) is 125 Å². The lowest BCUT2D eigenvalue weighted by Gasteiger charge is -2.48. The molecule has 11 nitrogen and oxygen atoms in total. The van der Waals surface area contributed by atoms with E-state index in [0.717, 1.165) is 40.4 Å². The lowest BCUT2D eigenvalue weighted by molar-refractivity contribution is -0.671. The van der Waals surface area contributed by atoms with Gasteiger partial charge in [0.25, 0.3) is 5.69 Å². The minimum atomic E-state index is -2.03. The van der Waals surface area contributed by atoms with E-state index in [1.807, 2.05) is 78.2 Å². The number of ketones is 1. The first-order chi connectivity index (χ1) is 25.0. The molecule has 1 aromatic heterocycles. The van der Waals surface area contributed by atoms with E-state index in [-0.39, 0.29) is 41.8 Å². The van der Waals surface area contributed by atoms with Gasteiger partial charge in [-0.3, -0.25) is 19.7 Å². The summed E-state index contributed by atoms with van der Waals surface area (Å²) in [5.41, 5.74) is 5.89. The molecule has 3 atom stereocenters. The Hall–Kier alpha value is -5.20. The van der Waals surface area contributed by atoms with E-state index in [9.17, 15) is 24.5 Å². The van der Waals surface area contributed by atoms with Crippen molar-refractivity contribution < 1.29 is 33.0 Å². The van der Waals surface area contributed by atoms with E-state index in [1.54, 1.807) is 17.0 Å². The third-order valence-corrected chi connectivity index (χ3v) is 16.0. The van der Waals surface area contributed by atoms with E-state index >= 15 is 0 Å². The van der Waals surface area contributed by atoms with E-state index < -0.39 is 25.1 Å². The van der Waals surface area contributed by atoms with Gasteiger partial charge in [-0.2, -0.15) is 0 Å². The highest BCUT2D eigenvalue weighted by Gasteiger charge is 2.58. The fraction of sp³-hybridized carbons (Fsp3) is 0.350. The molecule has 1 aliphatic carbocycles. The standard InChI is InChI=1S/C40H43N4O7Si/c1-6-52(7-2,8-3)51-25(4)35-34-21-32(37(43(34)39(35)46)40(47)50-23-26-13-15-29(16-14-26)44(48)49)27-19-28(22-42-18-17-41(5)24-42)36-33(20-27)30-11-9-10-12-31(30)38(36)45/h9-20,24-25,34-35H,6-8,21-23H2,1-5H3/q+1/t25-,34-,35-/m1/s1. The van der Waals surface area contributed by atoms with Gasteiger partial charge >= 0.3 is 5.97 Å². The number of ether oxygens (including phenoxy) is 1. The van der Waals surface area contributed by atoms with Crippen molar-refractivity contribution in [2.24, 2.45) is 13.0 Å². The molecule has 52 heavy (non-hydrogen) atoms. The average Bonchev–Trinajstić information content (AvgIpc) is 3.81. The van der Waals surface area contributed by atoms with Gasteiger partial charge in [-0.25, -0.2) is 13.9 Å². The molecule has 0 radical (unpaired) electrons. The molecule has 2 aliphatic heterocycles. The molecule has 0 unspecified atom stereocenters. The summed E-state index contributed by atoms with van der Waals surface area (Å²) in [6.07, 6.45) is 5.95. The smallest absolute Gasteiger partial charge is 0.355 e. The van der Waals surface area contributed by atoms with Crippen LogP contribution in [0.4, 0.5) is 5.69 Å². The molecular weight excluding hydrogens is 677 g/mol. The summed E-state index contributed by atoms with van der Waals surface area (Å²) in [4.78, 5) is 54.4. The van der Waals surface area contributed by atoms with Crippen molar-refractivity contribution in [3.8, 4) is 11.1 Å². The second kappa shape index (κ2) is 13.7. The van der Waals surface area contributed by atoms with Gasteiger partial charge in [-0.15, -0.1) is 0 Å². The normalized spacial score (nSPS) is 18.2. The molecule has 1 saturated heterocycles. The highest BCUT2D eigenvalue weighted by molar-refractivity contribution is 6.73. The highest BCUT2D eigenvalue weighted by atomic mass is 28.4. The van der Waals surface area contributed by atoms with Gasteiger partial charge in [0.05, 0.1) is 30.0 Å². The number of benzene rings is 3. The molecule has 3 heterocycles. The van der Waals surface area contributed by atoms with E-state index in [1.165, 1.54) is 12.1 Å². The molecule has 7 rings (SSSR count). The maximum atomic E-state index is 14.2. The van der Waals surface area contributed by atoms with Gasteiger partial charge < -0.3 is 14.1 Å². The van der Waals surface area contributed by atoms with Gasteiger partial charge in [0.1, 0.15) is 31.2 Å². The monoisotopic (exact) mass is 719 g/mol. The highest BCUT2D eigenvalue weighted by Crippen LogP contribution is 2.50. The molecule has 1 fully saturated rings. The number of aryl methyl sites for hydroxylation is 1. The third kappa shape index (κ3) is 5.99. The van der Waals surface area contributed by atoms with Gasteiger partial charge in [-0.05, 0) is 83.6 Å². The van der Waals surface area contributed by atoms with Crippen LogP contribution in [0.5, 0.6) is 0 Å². The quantitative estimate of drug-likeness (QED) is 0.0337. The molecule has 3 aromatic carbocycles. The molecule has 3 aliphatic rings. The van der Waals surface area contributed by atoms with Crippen molar-refractivity contribution in [2.45, 2.75) is 77.5 Å². The number of amides is 1. The largest absolute Gasteiger partial charge is 0.456 e. The number of esters is 1. The maximum Gasteiger partial charge on any atom is 0.355 e. The molecular formula is C40H43N4O7Si+. The number of aromatic nitrogens is 2. The van der Waals surface area contributed by atoms with Gasteiger partial charge in [-0.1, -0.05) is 45.0 Å². The van der Waals surface area contributed by atoms with Crippen molar-refractivity contribution in [3.63, 3.8) is 0 Å². The van der Waals surface area contributed by atoms with Crippen LogP contribution in [-0.2, 0) is 39.0 Å².